The zero-order chi connectivity index (χ0) is 26.6. The van der Waals surface area contributed by atoms with Gasteiger partial charge in [0.15, 0.2) is 0 Å². The van der Waals surface area contributed by atoms with Crippen molar-refractivity contribution < 1.29 is 37.3 Å². The first-order valence-electron chi connectivity index (χ1n) is 11.5. The second-order valence-electron chi connectivity index (χ2n) is 8.38. The monoisotopic (exact) mass is 511 g/mol. The van der Waals surface area contributed by atoms with Gasteiger partial charge in [0.1, 0.15) is 6.61 Å². The highest BCUT2D eigenvalue weighted by atomic mass is 19.4. The zero-order valence-electron chi connectivity index (χ0n) is 19.9. The number of hydrogen-bond acceptors (Lipinski definition) is 5. The molecule has 0 bridgehead atoms. The maximum atomic E-state index is 14.2. The van der Waals surface area contributed by atoms with Gasteiger partial charge in [0, 0.05) is 29.2 Å². The fourth-order valence-corrected chi connectivity index (χ4v) is 4.04. The Morgan fingerprint density at radius 3 is 2.11 bits per heavy atom. The molecule has 4 aromatic rings. The lowest BCUT2D eigenvalue weighted by atomic mass is 9.92. The average Bonchev–Trinajstić information content (AvgIpc) is 3.25. The van der Waals surface area contributed by atoms with E-state index in [0.717, 1.165) is 17.3 Å². The topological polar surface area (TPSA) is 77.8 Å². The minimum Gasteiger partial charge on any atom is -0.463 e. The summed E-state index contributed by atoms with van der Waals surface area (Å²) in [5.41, 5.74) is -2.74. The summed E-state index contributed by atoms with van der Waals surface area (Å²) in [5, 5.41) is 10.7. The fraction of sp³-hybridized carbons (Fsp3) is 0.214. The molecule has 0 spiro atoms. The van der Waals surface area contributed by atoms with Crippen molar-refractivity contribution in [2.75, 3.05) is 6.61 Å². The molecule has 37 heavy (non-hydrogen) atoms. The first kappa shape index (κ1) is 26.0. The lowest BCUT2D eigenvalue weighted by Crippen LogP contribution is -2.50. The number of carbonyl (C=O) groups excluding carboxylic acids is 2. The molecule has 0 saturated carbocycles. The van der Waals surface area contributed by atoms with Crippen LogP contribution in [-0.2, 0) is 33.0 Å². The first-order chi connectivity index (χ1) is 17.6. The number of aliphatic hydroxyl groups is 1. The molecule has 1 N–H and O–H groups in total. The summed E-state index contributed by atoms with van der Waals surface area (Å²) in [4.78, 5) is 25.2. The molecule has 9 heteroatoms. The third-order valence-electron chi connectivity index (χ3n) is 5.90. The number of fused-ring (bicyclic) bond motifs is 1. The van der Waals surface area contributed by atoms with Gasteiger partial charge < -0.3 is 19.1 Å². The Kier molecular flexibility index (Phi) is 7.35. The molecule has 1 unspecified atom stereocenters. The van der Waals surface area contributed by atoms with Gasteiger partial charge in [-0.05, 0) is 30.2 Å². The third-order valence-corrected chi connectivity index (χ3v) is 5.90. The molecule has 4 rings (SSSR count). The van der Waals surface area contributed by atoms with Crippen LogP contribution in [0.1, 0.15) is 34.0 Å². The molecular weight excluding hydrogens is 487 g/mol. The SMILES string of the molecule is CCOC(=O)C(O)(c1cn(Cc2ccccc2)c2cc(C(=O)OCc3ccccc3)ccc12)C(F)(F)F. The first-order valence-corrected chi connectivity index (χ1v) is 11.5. The van der Waals surface area contributed by atoms with E-state index in [2.05, 4.69) is 4.74 Å². The van der Waals surface area contributed by atoms with Crippen LogP contribution < -0.4 is 0 Å². The van der Waals surface area contributed by atoms with Crippen LogP contribution in [0.2, 0.25) is 0 Å². The number of esters is 2. The molecule has 0 aliphatic heterocycles. The number of aromatic nitrogens is 1. The van der Waals surface area contributed by atoms with Crippen molar-refractivity contribution in [3.8, 4) is 0 Å². The summed E-state index contributed by atoms with van der Waals surface area (Å²) in [6.07, 6.45) is -4.29. The fourth-order valence-electron chi connectivity index (χ4n) is 4.04. The van der Waals surface area contributed by atoms with Gasteiger partial charge in [0.2, 0.25) is 0 Å². The Balaban J connectivity index is 1.80. The van der Waals surface area contributed by atoms with E-state index in [1.54, 1.807) is 54.6 Å². The molecule has 1 aromatic heterocycles. The number of hydrogen-bond donors (Lipinski definition) is 1. The van der Waals surface area contributed by atoms with Crippen molar-refractivity contribution in [3.05, 3.63) is 107 Å². The van der Waals surface area contributed by atoms with E-state index in [4.69, 9.17) is 4.74 Å². The van der Waals surface area contributed by atoms with Gasteiger partial charge >= 0.3 is 18.1 Å². The number of carbonyl (C=O) groups is 2. The highest BCUT2D eigenvalue weighted by molar-refractivity contribution is 5.98. The molecule has 0 amide bonds. The van der Waals surface area contributed by atoms with Crippen molar-refractivity contribution in [3.63, 3.8) is 0 Å². The van der Waals surface area contributed by atoms with Crippen LogP contribution in [0.15, 0.2) is 85.1 Å². The molecule has 0 saturated heterocycles. The normalized spacial score (nSPS) is 13.2. The summed E-state index contributed by atoms with van der Waals surface area (Å²) >= 11 is 0. The van der Waals surface area contributed by atoms with E-state index in [9.17, 15) is 27.9 Å². The van der Waals surface area contributed by atoms with Gasteiger partial charge in [-0.15, -0.1) is 0 Å². The maximum Gasteiger partial charge on any atom is 0.432 e. The van der Waals surface area contributed by atoms with Gasteiger partial charge in [0.05, 0.1) is 12.2 Å². The minimum atomic E-state index is -5.36. The highest BCUT2D eigenvalue weighted by Crippen LogP contribution is 2.44. The molecule has 192 valence electrons. The molecule has 1 heterocycles. The predicted octanol–water partition coefficient (Wildman–Crippen LogP) is 5.36. The molecule has 0 radical (unpaired) electrons. The number of alkyl halides is 3. The smallest absolute Gasteiger partial charge is 0.432 e. The predicted molar refractivity (Wildman–Crippen MR) is 130 cm³/mol. The Morgan fingerprint density at radius 2 is 1.51 bits per heavy atom. The maximum absolute atomic E-state index is 14.2. The summed E-state index contributed by atoms with van der Waals surface area (Å²) < 4.78 is 53.9. The lowest BCUT2D eigenvalue weighted by Gasteiger charge is -2.27. The van der Waals surface area contributed by atoms with Crippen LogP contribution >= 0.6 is 0 Å². The summed E-state index contributed by atoms with van der Waals surface area (Å²) in [7, 11) is 0. The van der Waals surface area contributed by atoms with Crippen molar-refractivity contribution in [1.29, 1.82) is 0 Å². The largest absolute Gasteiger partial charge is 0.463 e. The number of nitrogens with zero attached hydrogens (tertiary/aromatic N) is 1. The molecule has 0 aliphatic carbocycles. The highest BCUT2D eigenvalue weighted by Gasteiger charge is 2.63. The summed E-state index contributed by atoms with van der Waals surface area (Å²) in [5.74, 6) is -2.50. The van der Waals surface area contributed by atoms with Crippen LogP contribution in [0, 0.1) is 0 Å². The van der Waals surface area contributed by atoms with E-state index >= 15 is 0 Å². The summed E-state index contributed by atoms with van der Waals surface area (Å²) in [6, 6.07) is 21.9. The molecule has 0 aliphatic rings. The molecular formula is C28H24F3NO5. The van der Waals surface area contributed by atoms with Crippen molar-refractivity contribution in [2.45, 2.75) is 31.9 Å². The number of benzene rings is 3. The van der Waals surface area contributed by atoms with E-state index in [1.165, 1.54) is 29.7 Å². The standard InChI is InChI=1S/C28H24F3NO5/c1-2-36-26(34)27(35,28(29,30)31)23-17-32(16-19-9-5-3-6-10-19)24-15-21(13-14-22(23)24)25(33)37-18-20-11-7-4-8-12-20/h3-15,17,35H,2,16,18H2,1H3. The summed E-state index contributed by atoms with van der Waals surface area (Å²) in [6.45, 7) is 1.14. The van der Waals surface area contributed by atoms with Crippen LogP contribution in [-0.4, -0.2) is 34.4 Å². The minimum absolute atomic E-state index is 0.0185. The van der Waals surface area contributed by atoms with E-state index in [-0.39, 0.29) is 36.2 Å². The second-order valence-corrected chi connectivity index (χ2v) is 8.38. The van der Waals surface area contributed by atoms with Gasteiger partial charge in [0.25, 0.3) is 5.60 Å². The Hall–Kier alpha value is -4.11. The van der Waals surface area contributed by atoms with Crippen LogP contribution in [0.5, 0.6) is 0 Å². The zero-order valence-corrected chi connectivity index (χ0v) is 19.9. The van der Waals surface area contributed by atoms with Crippen molar-refractivity contribution >= 4 is 22.8 Å². The Bertz CT molecular complexity index is 1400. The van der Waals surface area contributed by atoms with Crippen LogP contribution in [0.3, 0.4) is 0 Å². The number of rotatable bonds is 8. The third kappa shape index (κ3) is 5.22. The molecule has 6 nitrogen and oxygen atoms in total. The Labute approximate surface area is 210 Å². The van der Waals surface area contributed by atoms with Crippen LogP contribution in [0.25, 0.3) is 10.9 Å². The van der Waals surface area contributed by atoms with Crippen molar-refractivity contribution in [1.82, 2.24) is 4.57 Å². The van der Waals surface area contributed by atoms with E-state index in [1.807, 2.05) is 6.07 Å². The van der Waals surface area contributed by atoms with Crippen LogP contribution in [0.4, 0.5) is 13.2 Å². The average molecular weight is 511 g/mol. The van der Waals surface area contributed by atoms with Gasteiger partial charge in [-0.2, -0.15) is 13.2 Å². The van der Waals surface area contributed by atoms with Gasteiger partial charge in [-0.3, -0.25) is 0 Å². The molecule has 1 atom stereocenters. The number of ether oxygens (including phenoxy) is 2. The van der Waals surface area contributed by atoms with E-state index in [0.29, 0.717) is 0 Å². The number of halogens is 3. The lowest BCUT2D eigenvalue weighted by molar-refractivity contribution is -0.267. The van der Waals surface area contributed by atoms with Crippen molar-refractivity contribution in [2.24, 2.45) is 0 Å². The second kappa shape index (κ2) is 10.5. The van der Waals surface area contributed by atoms with Gasteiger partial charge in [-0.1, -0.05) is 66.7 Å². The molecule has 3 aromatic carbocycles. The molecule has 0 fully saturated rings. The quantitative estimate of drug-likeness (QED) is 0.323. The Morgan fingerprint density at radius 1 is 0.892 bits per heavy atom. The van der Waals surface area contributed by atoms with E-state index < -0.39 is 29.3 Å². The van der Waals surface area contributed by atoms with Gasteiger partial charge in [-0.25, -0.2) is 9.59 Å².